The van der Waals surface area contributed by atoms with E-state index in [9.17, 15) is 9.18 Å². The quantitative estimate of drug-likeness (QED) is 0.535. The molecule has 0 aliphatic carbocycles. The van der Waals surface area contributed by atoms with Crippen LogP contribution in [0.2, 0.25) is 5.02 Å². The first-order valence-electron chi connectivity index (χ1n) is 10.3. The minimum absolute atomic E-state index is 0.0764. The molecular formula is C24H23ClFN3O2S. The zero-order valence-corrected chi connectivity index (χ0v) is 18.9. The van der Waals surface area contributed by atoms with Crippen LogP contribution in [0.4, 0.5) is 4.39 Å². The first-order valence-corrected chi connectivity index (χ1v) is 11.5. The first-order chi connectivity index (χ1) is 15.6. The number of hydrogen-bond donors (Lipinski definition) is 1. The molecule has 0 unspecified atom stereocenters. The summed E-state index contributed by atoms with van der Waals surface area (Å²) in [6.45, 7) is 3.17. The Morgan fingerprint density at radius 2 is 1.84 bits per heavy atom. The predicted molar refractivity (Wildman–Crippen MR) is 124 cm³/mol. The van der Waals surface area contributed by atoms with E-state index in [2.05, 4.69) is 15.2 Å². The highest BCUT2D eigenvalue weighted by Crippen LogP contribution is 2.30. The Morgan fingerprint density at radius 3 is 2.56 bits per heavy atom. The molecule has 2 heterocycles. The van der Waals surface area contributed by atoms with Crippen molar-refractivity contribution in [3.05, 3.63) is 88.8 Å². The number of amides is 1. The van der Waals surface area contributed by atoms with Gasteiger partial charge in [0.2, 0.25) is 0 Å². The molecule has 0 radical (unpaired) electrons. The molecule has 32 heavy (non-hydrogen) atoms. The maximum Gasteiger partial charge on any atom is 0.254 e. The van der Waals surface area contributed by atoms with Crippen LogP contribution in [0.3, 0.4) is 0 Å². The number of nitrogens with one attached hydrogen (secondary N) is 1. The van der Waals surface area contributed by atoms with Gasteiger partial charge in [0.15, 0.2) is 0 Å². The minimum Gasteiger partial charge on any atom is -0.379 e. The van der Waals surface area contributed by atoms with E-state index in [1.165, 1.54) is 23.9 Å². The van der Waals surface area contributed by atoms with E-state index in [0.717, 1.165) is 23.5 Å². The molecular weight excluding hydrogens is 449 g/mol. The summed E-state index contributed by atoms with van der Waals surface area (Å²) in [5.74, 6) is -0.479. The molecule has 0 bridgehead atoms. The summed E-state index contributed by atoms with van der Waals surface area (Å²) in [6.07, 6.45) is 1.67. The van der Waals surface area contributed by atoms with Crippen LogP contribution in [0.25, 0.3) is 0 Å². The fourth-order valence-electron chi connectivity index (χ4n) is 3.58. The minimum atomic E-state index is -0.280. The normalized spacial score (nSPS) is 15.3. The monoisotopic (exact) mass is 471 g/mol. The number of benzene rings is 2. The summed E-state index contributed by atoms with van der Waals surface area (Å²) in [5.41, 5.74) is 1.46. The van der Waals surface area contributed by atoms with E-state index in [-0.39, 0.29) is 17.8 Å². The Kier molecular flexibility index (Phi) is 7.76. The number of ether oxygens (including phenoxy) is 1. The van der Waals surface area contributed by atoms with Crippen molar-refractivity contribution in [1.82, 2.24) is 15.2 Å². The average Bonchev–Trinajstić information content (AvgIpc) is 2.83. The van der Waals surface area contributed by atoms with Crippen LogP contribution in [0.15, 0.2) is 76.8 Å². The van der Waals surface area contributed by atoms with Crippen molar-refractivity contribution < 1.29 is 13.9 Å². The number of carbonyl (C=O) groups is 1. The van der Waals surface area contributed by atoms with Crippen LogP contribution in [0.5, 0.6) is 0 Å². The van der Waals surface area contributed by atoms with Gasteiger partial charge in [0.25, 0.3) is 5.91 Å². The van der Waals surface area contributed by atoms with Gasteiger partial charge in [0, 0.05) is 35.7 Å². The molecule has 4 rings (SSSR count). The van der Waals surface area contributed by atoms with E-state index in [1.54, 1.807) is 30.5 Å². The van der Waals surface area contributed by atoms with Crippen LogP contribution in [-0.2, 0) is 4.74 Å². The number of carbonyl (C=O) groups excluding carboxylic acids is 1. The number of hydrogen-bond acceptors (Lipinski definition) is 5. The topological polar surface area (TPSA) is 54.5 Å². The lowest BCUT2D eigenvalue weighted by Gasteiger charge is -2.35. The largest absolute Gasteiger partial charge is 0.379 e. The molecule has 1 fully saturated rings. The van der Waals surface area contributed by atoms with Crippen LogP contribution in [-0.4, -0.2) is 48.6 Å². The second kappa shape index (κ2) is 10.9. The van der Waals surface area contributed by atoms with Crippen molar-refractivity contribution in [1.29, 1.82) is 0 Å². The first kappa shape index (κ1) is 22.7. The molecule has 1 amide bonds. The lowest BCUT2D eigenvalue weighted by atomic mass is 10.0. The van der Waals surface area contributed by atoms with Crippen molar-refractivity contribution >= 4 is 29.3 Å². The third-order valence-corrected chi connectivity index (χ3v) is 6.52. The molecule has 1 atom stereocenters. The maximum absolute atomic E-state index is 13.5. The summed E-state index contributed by atoms with van der Waals surface area (Å²) < 4.78 is 18.9. The van der Waals surface area contributed by atoms with E-state index in [1.807, 2.05) is 24.3 Å². The maximum atomic E-state index is 13.5. The van der Waals surface area contributed by atoms with E-state index < -0.39 is 0 Å². The Hall–Kier alpha value is -2.45. The molecule has 3 aromatic rings. The van der Waals surface area contributed by atoms with Crippen molar-refractivity contribution in [3.8, 4) is 0 Å². The molecule has 5 nitrogen and oxygen atoms in total. The standard InChI is InChI=1S/C24H23ClFN3O2S/c25-18-5-9-20(10-6-18)32-24-21(2-1-11-27-24)23(30)28-16-22(29-12-14-31-15-13-29)17-3-7-19(26)8-4-17/h1-11,22H,12-16H2,(H,28,30)/t22-/m1/s1. The van der Waals surface area contributed by atoms with Gasteiger partial charge in [0.1, 0.15) is 10.8 Å². The van der Waals surface area contributed by atoms with Crippen molar-refractivity contribution in [2.24, 2.45) is 0 Å². The number of pyridine rings is 1. The van der Waals surface area contributed by atoms with Crippen molar-refractivity contribution in [2.45, 2.75) is 16.0 Å². The highest BCUT2D eigenvalue weighted by molar-refractivity contribution is 7.99. The van der Waals surface area contributed by atoms with Gasteiger partial charge in [-0.3, -0.25) is 9.69 Å². The number of nitrogens with zero attached hydrogens (tertiary/aromatic N) is 2. The second-order valence-electron chi connectivity index (χ2n) is 7.34. The fraction of sp³-hybridized carbons (Fsp3) is 0.250. The van der Waals surface area contributed by atoms with Gasteiger partial charge in [-0.2, -0.15) is 0 Å². The third kappa shape index (κ3) is 5.86. The van der Waals surface area contributed by atoms with Crippen LogP contribution in [0.1, 0.15) is 22.0 Å². The zero-order chi connectivity index (χ0) is 22.3. The van der Waals surface area contributed by atoms with Gasteiger partial charge in [-0.05, 0) is 54.1 Å². The van der Waals surface area contributed by atoms with E-state index in [4.69, 9.17) is 16.3 Å². The average molecular weight is 472 g/mol. The van der Waals surface area contributed by atoms with Gasteiger partial charge >= 0.3 is 0 Å². The fourth-order valence-corrected chi connectivity index (χ4v) is 4.58. The SMILES string of the molecule is O=C(NC[C@H](c1ccc(F)cc1)N1CCOCC1)c1cccnc1Sc1ccc(Cl)cc1. The van der Waals surface area contributed by atoms with Crippen LogP contribution >= 0.6 is 23.4 Å². The van der Waals surface area contributed by atoms with E-state index >= 15 is 0 Å². The Bertz CT molecular complexity index is 1040. The van der Waals surface area contributed by atoms with Crippen molar-refractivity contribution in [2.75, 3.05) is 32.8 Å². The van der Waals surface area contributed by atoms with Gasteiger partial charge in [-0.25, -0.2) is 9.37 Å². The molecule has 1 saturated heterocycles. The summed E-state index contributed by atoms with van der Waals surface area (Å²) in [6, 6.07) is 17.3. The molecule has 1 N–H and O–H groups in total. The Morgan fingerprint density at radius 1 is 1.12 bits per heavy atom. The highest BCUT2D eigenvalue weighted by atomic mass is 35.5. The lowest BCUT2D eigenvalue weighted by molar-refractivity contribution is 0.0162. The van der Waals surface area contributed by atoms with Crippen LogP contribution < -0.4 is 5.32 Å². The molecule has 166 valence electrons. The van der Waals surface area contributed by atoms with Crippen LogP contribution in [0, 0.1) is 5.82 Å². The number of aromatic nitrogens is 1. The summed E-state index contributed by atoms with van der Waals surface area (Å²) in [7, 11) is 0. The number of halogens is 2. The number of morpholine rings is 1. The van der Waals surface area contributed by atoms with Gasteiger partial charge < -0.3 is 10.1 Å². The van der Waals surface area contributed by atoms with Gasteiger partial charge in [-0.1, -0.05) is 35.5 Å². The molecule has 1 aromatic heterocycles. The molecule has 8 heteroatoms. The van der Waals surface area contributed by atoms with Gasteiger partial charge in [-0.15, -0.1) is 0 Å². The van der Waals surface area contributed by atoms with Crippen molar-refractivity contribution in [3.63, 3.8) is 0 Å². The molecule has 1 aliphatic rings. The summed E-state index contributed by atoms with van der Waals surface area (Å²) in [4.78, 5) is 20.7. The third-order valence-electron chi connectivity index (χ3n) is 5.24. The van der Waals surface area contributed by atoms with E-state index in [0.29, 0.717) is 35.4 Å². The predicted octanol–water partition coefficient (Wildman–Crippen LogP) is 4.83. The Balaban J connectivity index is 1.49. The Labute approximate surface area is 195 Å². The van der Waals surface area contributed by atoms with Gasteiger partial charge in [0.05, 0.1) is 24.8 Å². The molecule has 1 aliphatic heterocycles. The molecule has 0 saturated carbocycles. The summed E-state index contributed by atoms with van der Waals surface area (Å²) >= 11 is 7.38. The highest BCUT2D eigenvalue weighted by Gasteiger charge is 2.24. The molecule has 2 aromatic carbocycles. The smallest absolute Gasteiger partial charge is 0.254 e. The molecule has 0 spiro atoms. The zero-order valence-electron chi connectivity index (χ0n) is 17.3. The number of rotatable bonds is 7. The summed E-state index contributed by atoms with van der Waals surface area (Å²) in [5, 5.41) is 4.33. The lowest BCUT2D eigenvalue weighted by Crippen LogP contribution is -2.43. The second-order valence-corrected chi connectivity index (χ2v) is 8.84.